The molecular formula is C11H16N4OS. The van der Waals surface area contributed by atoms with Gasteiger partial charge in [-0.05, 0) is 6.92 Å². The van der Waals surface area contributed by atoms with Crippen LogP contribution in [0.1, 0.15) is 17.4 Å². The van der Waals surface area contributed by atoms with Gasteiger partial charge < -0.3 is 10.2 Å². The van der Waals surface area contributed by atoms with E-state index < -0.39 is 0 Å². The van der Waals surface area contributed by atoms with Gasteiger partial charge in [-0.15, -0.1) is 0 Å². The molecule has 0 aliphatic carbocycles. The average molecular weight is 252 g/mol. The van der Waals surface area contributed by atoms with Gasteiger partial charge in [-0.2, -0.15) is 11.8 Å². The lowest BCUT2D eigenvalue weighted by Gasteiger charge is -2.25. The Hall–Kier alpha value is -1.30. The van der Waals surface area contributed by atoms with Crippen molar-refractivity contribution in [2.24, 2.45) is 0 Å². The molecule has 1 aliphatic heterocycles. The molecular weight excluding hydrogens is 236 g/mol. The quantitative estimate of drug-likeness (QED) is 0.873. The Balaban J connectivity index is 2.09. The predicted octanol–water partition coefficient (Wildman–Crippen LogP) is 1.10. The van der Waals surface area contributed by atoms with Crippen molar-refractivity contribution in [1.29, 1.82) is 0 Å². The summed E-state index contributed by atoms with van der Waals surface area (Å²) in [4.78, 5) is 22.3. The van der Waals surface area contributed by atoms with Gasteiger partial charge in [0.15, 0.2) is 0 Å². The van der Waals surface area contributed by atoms with Gasteiger partial charge in [0.2, 0.25) is 0 Å². The maximum Gasteiger partial charge on any atom is 0.274 e. The fraction of sp³-hybridized carbons (Fsp3) is 0.545. The van der Waals surface area contributed by atoms with E-state index in [4.69, 9.17) is 0 Å². The highest BCUT2D eigenvalue weighted by atomic mass is 32.2. The summed E-state index contributed by atoms with van der Waals surface area (Å²) in [7, 11) is 0. The van der Waals surface area contributed by atoms with E-state index in [0.29, 0.717) is 11.5 Å². The summed E-state index contributed by atoms with van der Waals surface area (Å²) in [5.74, 6) is 2.65. The van der Waals surface area contributed by atoms with Gasteiger partial charge in [0.05, 0.1) is 12.4 Å². The zero-order chi connectivity index (χ0) is 12.1. The fourth-order valence-electron chi connectivity index (χ4n) is 1.66. The molecule has 0 atom stereocenters. The van der Waals surface area contributed by atoms with Crippen LogP contribution in [0.2, 0.25) is 0 Å². The number of nitrogens with zero attached hydrogens (tertiary/aromatic N) is 3. The first-order chi connectivity index (χ1) is 8.31. The second-order valence-corrected chi connectivity index (χ2v) is 4.95. The number of anilines is 1. The smallest absolute Gasteiger partial charge is 0.274 e. The molecule has 0 aromatic carbocycles. The largest absolute Gasteiger partial charge is 0.369 e. The number of amides is 1. The zero-order valence-corrected chi connectivity index (χ0v) is 10.7. The topological polar surface area (TPSA) is 58.1 Å². The van der Waals surface area contributed by atoms with E-state index in [1.165, 1.54) is 6.20 Å². The summed E-state index contributed by atoms with van der Waals surface area (Å²) in [5, 5.41) is 3.06. The Morgan fingerprint density at radius 3 is 2.94 bits per heavy atom. The molecule has 6 heteroatoms. The van der Waals surface area contributed by atoms with E-state index in [-0.39, 0.29) is 5.91 Å². The first-order valence-electron chi connectivity index (χ1n) is 5.74. The van der Waals surface area contributed by atoms with Crippen molar-refractivity contribution in [3.63, 3.8) is 0 Å². The van der Waals surface area contributed by atoms with E-state index >= 15 is 0 Å². The van der Waals surface area contributed by atoms with Crippen LogP contribution in [-0.2, 0) is 0 Å². The molecule has 1 saturated heterocycles. The maximum absolute atomic E-state index is 12.1. The van der Waals surface area contributed by atoms with Gasteiger partial charge in [-0.25, -0.2) is 4.98 Å². The Bertz CT molecular complexity index is 393. The highest BCUT2D eigenvalue weighted by Gasteiger charge is 2.19. The molecule has 1 amide bonds. The lowest BCUT2D eigenvalue weighted by Crippen LogP contribution is -2.38. The van der Waals surface area contributed by atoms with Crippen LogP contribution < -0.4 is 5.32 Å². The lowest BCUT2D eigenvalue weighted by molar-refractivity contribution is 0.0766. The average Bonchev–Trinajstić information content (AvgIpc) is 2.40. The summed E-state index contributed by atoms with van der Waals surface area (Å²) in [5.41, 5.74) is 0.426. The monoisotopic (exact) mass is 252 g/mol. The molecule has 1 fully saturated rings. The number of thioether (sulfide) groups is 1. The minimum atomic E-state index is -0.0162. The molecule has 92 valence electrons. The van der Waals surface area contributed by atoms with Crippen molar-refractivity contribution in [3.05, 3.63) is 18.1 Å². The Labute approximate surface area is 105 Å². The van der Waals surface area contributed by atoms with Crippen molar-refractivity contribution in [1.82, 2.24) is 14.9 Å². The minimum absolute atomic E-state index is 0.0162. The van der Waals surface area contributed by atoms with Crippen LogP contribution in [0.5, 0.6) is 0 Å². The van der Waals surface area contributed by atoms with Gasteiger partial charge in [-0.3, -0.25) is 9.78 Å². The zero-order valence-electron chi connectivity index (χ0n) is 9.85. The first kappa shape index (κ1) is 12.2. The third-order valence-electron chi connectivity index (χ3n) is 2.51. The third kappa shape index (κ3) is 3.09. The van der Waals surface area contributed by atoms with Crippen LogP contribution in [-0.4, -0.2) is 51.9 Å². The summed E-state index contributed by atoms with van der Waals surface area (Å²) in [6, 6.07) is 0. The van der Waals surface area contributed by atoms with Crippen LogP contribution in [0.25, 0.3) is 0 Å². The number of carbonyl (C=O) groups excluding carboxylic acids is 1. The van der Waals surface area contributed by atoms with E-state index in [0.717, 1.165) is 31.1 Å². The summed E-state index contributed by atoms with van der Waals surface area (Å²) in [6.07, 6.45) is 3.16. The maximum atomic E-state index is 12.1. The van der Waals surface area contributed by atoms with Crippen molar-refractivity contribution < 1.29 is 4.79 Å². The van der Waals surface area contributed by atoms with Crippen molar-refractivity contribution in [2.75, 3.05) is 36.5 Å². The summed E-state index contributed by atoms with van der Waals surface area (Å²) < 4.78 is 0. The van der Waals surface area contributed by atoms with Crippen LogP contribution in [0.3, 0.4) is 0 Å². The second-order valence-electron chi connectivity index (χ2n) is 3.72. The van der Waals surface area contributed by atoms with Gasteiger partial charge >= 0.3 is 0 Å². The van der Waals surface area contributed by atoms with Crippen molar-refractivity contribution >= 4 is 23.5 Å². The van der Waals surface area contributed by atoms with E-state index in [1.54, 1.807) is 6.20 Å². The van der Waals surface area contributed by atoms with E-state index in [1.807, 2.05) is 23.6 Å². The number of carbonyl (C=O) groups is 1. The summed E-state index contributed by atoms with van der Waals surface area (Å²) in [6.45, 7) is 4.36. The molecule has 2 rings (SSSR count). The van der Waals surface area contributed by atoms with Gasteiger partial charge in [-0.1, -0.05) is 0 Å². The molecule has 1 aliphatic rings. The molecule has 0 radical (unpaired) electrons. The van der Waals surface area contributed by atoms with Crippen LogP contribution >= 0.6 is 11.8 Å². The van der Waals surface area contributed by atoms with Gasteiger partial charge in [0.25, 0.3) is 5.91 Å². The molecule has 1 aromatic heterocycles. The molecule has 0 saturated carbocycles. The summed E-state index contributed by atoms with van der Waals surface area (Å²) >= 11 is 1.88. The first-order valence-corrected chi connectivity index (χ1v) is 6.89. The molecule has 17 heavy (non-hydrogen) atoms. The number of rotatable bonds is 3. The molecule has 0 spiro atoms. The lowest BCUT2D eigenvalue weighted by atomic mass is 10.3. The molecule has 1 N–H and O–H groups in total. The fourth-order valence-corrected chi connectivity index (χ4v) is 2.57. The van der Waals surface area contributed by atoms with Gasteiger partial charge in [0.1, 0.15) is 11.5 Å². The standard InChI is InChI=1S/C11H16N4OS/c1-2-13-10-8-12-7-9(14-10)11(16)15-3-5-17-6-4-15/h7-8H,2-6H2,1H3,(H,13,14). The predicted molar refractivity (Wildman–Crippen MR) is 69.4 cm³/mol. The highest BCUT2D eigenvalue weighted by molar-refractivity contribution is 7.99. The van der Waals surface area contributed by atoms with Crippen molar-refractivity contribution in [3.8, 4) is 0 Å². The minimum Gasteiger partial charge on any atom is -0.369 e. The molecule has 1 aromatic rings. The van der Waals surface area contributed by atoms with E-state index in [2.05, 4.69) is 15.3 Å². The van der Waals surface area contributed by atoms with Gasteiger partial charge in [0, 0.05) is 31.1 Å². The van der Waals surface area contributed by atoms with Crippen LogP contribution in [0.15, 0.2) is 12.4 Å². The highest BCUT2D eigenvalue weighted by Crippen LogP contribution is 2.12. The van der Waals surface area contributed by atoms with E-state index in [9.17, 15) is 4.79 Å². The Morgan fingerprint density at radius 1 is 1.47 bits per heavy atom. The number of hydrogen-bond donors (Lipinski definition) is 1. The number of aromatic nitrogens is 2. The SMILES string of the molecule is CCNc1cncc(C(=O)N2CCSCC2)n1. The number of hydrogen-bond acceptors (Lipinski definition) is 5. The van der Waals surface area contributed by atoms with Crippen molar-refractivity contribution in [2.45, 2.75) is 6.92 Å². The molecule has 2 heterocycles. The molecule has 0 unspecified atom stereocenters. The second kappa shape index (κ2) is 5.86. The van der Waals surface area contributed by atoms with Crippen LogP contribution in [0.4, 0.5) is 5.82 Å². The third-order valence-corrected chi connectivity index (χ3v) is 3.45. The Kier molecular flexibility index (Phi) is 4.19. The van der Waals surface area contributed by atoms with Crippen LogP contribution in [0, 0.1) is 0 Å². The molecule has 0 bridgehead atoms. The molecule has 5 nitrogen and oxygen atoms in total. The normalized spacial score (nSPS) is 15.7. The number of nitrogens with one attached hydrogen (secondary N) is 1. The Morgan fingerprint density at radius 2 is 2.24 bits per heavy atom.